The molecule has 168 valence electrons. The number of aromatic carboxylic acids is 1. The van der Waals surface area contributed by atoms with Gasteiger partial charge in [-0.25, -0.2) is 9.80 Å². The van der Waals surface area contributed by atoms with Gasteiger partial charge >= 0.3 is 12.1 Å². The Labute approximate surface area is 194 Å². The molecule has 2 heterocycles. The van der Waals surface area contributed by atoms with Crippen molar-refractivity contribution < 1.29 is 32.3 Å². The molecule has 11 heteroatoms. The fraction of sp³-hybridized carbons (Fsp3) is 0.0455. The highest BCUT2D eigenvalue weighted by Crippen LogP contribution is 2.35. The summed E-state index contributed by atoms with van der Waals surface area (Å²) in [6.45, 7) is 0. The Morgan fingerprint density at radius 1 is 1.12 bits per heavy atom. The number of hydrogen-bond acceptors (Lipinski definition) is 6. The Morgan fingerprint density at radius 3 is 2.61 bits per heavy atom. The fourth-order valence-electron chi connectivity index (χ4n) is 2.98. The lowest BCUT2D eigenvalue weighted by Gasteiger charge is -2.17. The molecule has 0 aliphatic carbocycles. The first-order valence-electron chi connectivity index (χ1n) is 9.27. The number of rotatable bonds is 5. The highest BCUT2D eigenvalue weighted by molar-refractivity contribution is 8.26. The SMILES string of the molecule is O=C(O)c1cccc(NN2C(=O)/C(=C\c3ccc(-c4cccc(C(F)(F)F)c4)o3)SC2=S)c1. The van der Waals surface area contributed by atoms with Gasteiger partial charge < -0.3 is 9.52 Å². The lowest BCUT2D eigenvalue weighted by Crippen LogP contribution is -2.33. The number of anilines is 1. The summed E-state index contributed by atoms with van der Waals surface area (Å²) in [5.41, 5.74) is 2.63. The van der Waals surface area contributed by atoms with Gasteiger partial charge in [0.05, 0.1) is 21.7 Å². The average molecular weight is 490 g/mol. The van der Waals surface area contributed by atoms with E-state index >= 15 is 0 Å². The summed E-state index contributed by atoms with van der Waals surface area (Å²) in [4.78, 5) is 24.1. The number of thioether (sulfide) groups is 1. The van der Waals surface area contributed by atoms with Gasteiger partial charge in [0.25, 0.3) is 5.91 Å². The van der Waals surface area contributed by atoms with E-state index in [-0.39, 0.29) is 31.9 Å². The molecule has 1 aliphatic heterocycles. The zero-order valence-electron chi connectivity index (χ0n) is 16.4. The number of alkyl halides is 3. The molecule has 1 saturated heterocycles. The number of carbonyl (C=O) groups excluding carboxylic acids is 1. The van der Waals surface area contributed by atoms with Gasteiger partial charge in [-0.2, -0.15) is 13.2 Å². The number of amides is 1. The third-order valence-electron chi connectivity index (χ3n) is 4.52. The second-order valence-corrected chi connectivity index (χ2v) is 8.47. The van der Waals surface area contributed by atoms with Crippen LogP contribution in [0.5, 0.6) is 0 Å². The standard InChI is InChI=1S/C22H13F3N2O4S2/c23-22(24,25)14-5-1-3-12(9-14)17-8-7-16(31-17)11-18-19(28)27(21(32)33-18)26-15-6-2-4-13(10-15)20(29)30/h1-11,26H,(H,29,30)/b18-11+. The molecule has 0 atom stereocenters. The van der Waals surface area contributed by atoms with E-state index in [0.29, 0.717) is 5.69 Å². The van der Waals surface area contributed by atoms with Crippen molar-refractivity contribution in [2.24, 2.45) is 0 Å². The van der Waals surface area contributed by atoms with Gasteiger partial charge in [-0.1, -0.05) is 30.0 Å². The van der Waals surface area contributed by atoms with Gasteiger partial charge in [0, 0.05) is 11.6 Å². The molecule has 1 amide bonds. The first-order valence-corrected chi connectivity index (χ1v) is 10.5. The van der Waals surface area contributed by atoms with Crippen molar-refractivity contribution in [3.63, 3.8) is 0 Å². The van der Waals surface area contributed by atoms with E-state index in [4.69, 9.17) is 21.7 Å². The molecule has 0 unspecified atom stereocenters. The number of hydrogen-bond donors (Lipinski definition) is 2. The minimum absolute atomic E-state index is 0.0405. The van der Waals surface area contributed by atoms with Crippen LogP contribution in [0.1, 0.15) is 21.7 Å². The minimum Gasteiger partial charge on any atom is -0.478 e. The number of carboxylic acid groups (broad SMARTS) is 1. The second kappa shape index (κ2) is 8.75. The zero-order chi connectivity index (χ0) is 23.8. The highest BCUT2D eigenvalue weighted by atomic mass is 32.2. The number of nitrogens with zero attached hydrogens (tertiary/aromatic N) is 1. The number of carbonyl (C=O) groups is 2. The van der Waals surface area contributed by atoms with E-state index in [1.807, 2.05) is 0 Å². The van der Waals surface area contributed by atoms with Gasteiger partial charge in [0.2, 0.25) is 0 Å². The topological polar surface area (TPSA) is 82.8 Å². The van der Waals surface area contributed by atoms with Crippen LogP contribution in [-0.4, -0.2) is 26.3 Å². The van der Waals surface area contributed by atoms with Crippen molar-refractivity contribution in [1.29, 1.82) is 0 Å². The molecular formula is C22H13F3N2O4S2. The Balaban J connectivity index is 1.53. The van der Waals surface area contributed by atoms with Crippen LogP contribution >= 0.6 is 24.0 Å². The molecule has 0 spiro atoms. The maximum Gasteiger partial charge on any atom is 0.416 e. The van der Waals surface area contributed by atoms with E-state index in [2.05, 4.69) is 5.43 Å². The largest absolute Gasteiger partial charge is 0.478 e. The lowest BCUT2D eigenvalue weighted by atomic mass is 10.1. The summed E-state index contributed by atoms with van der Waals surface area (Å²) in [7, 11) is 0. The highest BCUT2D eigenvalue weighted by Gasteiger charge is 2.33. The first kappa shape index (κ1) is 22.6. The molecule has 4 rings (SSSR count). The molecule has 1 aliphatic rings. The van der Waals surface area contributed by atoms with Gasteiger partial charge in [-0.15, -0.1) is 0 Å². The second-order valence-electron chi connectivity index (χ2n) is 6.80. The van der Waals surface area contributed by atoms with Crippen molar-refractivity contribution >= 4 is 51.9 Å². The fourth-order valence-corrected chi connectivity index (χ4v) is 4.14. The van der Waals surface area contributed by atoms with E-state index in [9.17, 15) is 22.8 Å². The summed E-state index contributed by atoms with van der Waals surface area (Å²) in [5.74, 6) is -1.12. The van der Waals surface area contributed by atoms with Crippen molar-refractivity contribution in [2.75, 3.05) is 5.43 Å². The summed E-state index contributed by atoms with van der Waals surface area (Å²) in [5, 5.41) is 10.2. The van der Waals surface area contributed by atoms with Crippen LogP contribution in [0, 0.1) is 0 Å². The molecular weight excluding hydrogens is 477 g/mol. The van der Waals surface area contributed by atoms with Crippen molar-refractivity contribution in [3.05, 3.63) is 82.5 Å². The zero-order valence-corrected chi connectivity index (χ0v) is 18.1. The Morgan fingerprint density at radius 2 is 1.88 bits per heavy atom. The quantitative estimate of drug-likeness (QED) is 0.341. The van der Waals surface area contributed by atoms with Crippen LogP contribution in [0.2, 0.25) is 0 Å². The molecule has 2 aromatic carbocycles. The summed E-state index contributed by atoms with van der Waals surface area (Å²) >= 11 is 6.24. The van der Waals surface area contributed by atoms with Crippen LogP contribution in [0.25, 0.3) is 17.4 Å². The monoisotopic (exact) mass is 490 g/mol. The Kier molecular flexibility index (Phi) is 6.00. The molecule has 1 fully saturated rings. The van der Waals surface area contributed by atoms with E-state index in [1.54, 1.807) is 6.07 Å². The molecule has 0 bridgehead atoms. The molecule has 0 saturated carbocycles. The number of benzene rings is 2. The van der Waals surface area contributed by atoms with Gasteiger partial charge in [-0.05, 0) is 54.7 Å². The Bertz CT molecular complexity index is 1300. The summed E-state index contributed by atoms with van der Waals surface area (Å²) in [6, 6.07) is 13.7. The lowest BCUT2D eigenvalue weighted by molar-refractivity contribution is -0.137. The van der Waals surface area contributed by atoms with Crippen LogP contribution in [0.3, 0.4) is 0 Å². The molecule has 2 N–H and O–H groups in total. The third kappa shape index (κ3) is 4.94. The molecule has 6 nitrogen and oxygen atoms in total. The number of thiocarbonyl (C=S) groups is 1. The smallest absolute Gasteiger partial charge is 0.416 e. The predicted molar refractivity (Wildman–Crippen MR) is 121 cm³/mol. The van der Waals surface area contributed by atoms with Crippen LogP contribution in [0.15, 0.2) is 70.0 Å². The van der Waals surface area contributed by atoms with Crippen LogP contribution < -0.4 is 5.43 Å². The maximum absolute atomic E-state index is 13.0. The number of carboxylic acids is 1. The van der Waals surface area contributed by atoms with E-state index in [0.717, 1.165) is 28.9 Å². The van der Waals surface area contributed by atoms with Gasteiger partial charge in [0.1, 0.15) is 11.5 Å². The van der Waals surface area contributed by atoms with E-state index in [1.165, 1.54) is 48.5 Å². The number of hydrazine groups is 1. The maximum atomic E-state index is 13.0. The molecule has 33 heavy (non-hydrogen) atoms. The van der Waals surface area contributed by atoms with Crippen LogP contribution in [-0.2, 0) is 11.0 Å². The summed E-state index contributed by atoms with van der Waals surface area (Å²) < 4.78 is 44.7. The molecule has 0 radical (unpaired) electrons. The summed E-state index contributed by atoms with van der Waals surface area (Å²) in [6.07, 6.45) is -3.04. The first-order chi connectivity index (χ1) is 15.6. The number of furan rings is 1. The van der Waals surface area contributed by atoms with Gasteiger partial charge in [-0.3, -0.25) is 10.2 Å². The van der Waals surface area contributed by atoms with Crippen LogP contribution in [0.4, 0.5) is 18.9 Å². The number of nitrogens with one attached hydrogen (secondary N) is 1. The molecule has 1 aromatic heterocycles. The van der Waals surface area contributed by atoms with E-state index < -0.39 is 23.6 Å². The van der Waals surface area contributed by atoms with Gasteiger partial charge in [0.15, 0.2) is 4.32 Å². The predicted octanol–water partition coefficient (Wildman–Crippen LogP) is 5.89. The third-order valence-corrected chi connectivity index (χ3v) is 5.82. The minimum atomic E-state index is -4.48. The average Bonchev–Trinajstić information content (AvgIpc) is 3.34. The van der Waals surface area contributed by atoms with Crippen molar-refractivity contribution in [2.45, 2.75) is 6.18 Å². The van der Waals surface area contributed by atoms with Crippen molar-refractivity contribution in [3.8, 4) is 11.3 Å². The van der Waals surface area contributed by atoms with Crippen molar-refractivity contribution in [1.82, 2.24) is 5.01 Å². The normalized spacial score (nSPS) is 15.4. The molecule has 3 aromatic rings. The number of halogens is 3. The Hall–Kier alpha value is -3.57.